The molecule has 0 spiro atoms. The van der Waals surface area contributed by atoms with Crippen LogP contribution in [0.5, 0.6) is 0 Å². The lowest BCUT2D eigenvalue weighted by Gasteiger charge is -2.19. The van der Waals surface area contributed by atoms with E-state index in [4.69, 9.17) is 17.3 Å². The normalized spacial score (nSPS) is 23.6. The Kier molecular flexibility index (Phi) is 6.11. The third kappa shape index (κ3) is 3.99. The van der Waals surface area contributed by atoms with Gasteiger partial charge in [0.1, 0.15) is 0 Å². The first-order valence-electron chi connectivity index (χ1n) is 8.72. The first-order chi connectivity index (χ1) is 12.5. The highest BCUT2D eigenvalue weighted by atomic mass is 35.5. The van der Waals surface area contributed by atoms with Gasteiger partial charge in [0.2, 0.25) is 0 Å². The van der Waals surface area contributed by atoms with E-state index in [1.807, 2.05) is 16.3 Å². The van der Waals surface area contributed by atoms with Crippen molar-refractivity contribution in [2.24, 2.45) is 17.6 Å². The van der Waals surface area contributed by atoms with E-state index in [-0.39, 0.29) is 30.3 Å². The van der Waals surface area contributed by atoms with Crippen LogP contribution in [0.1, 0.15) is 32.9 Å². The van der Waals surface area contributed by atoms with Gasteiger partial charge in [-0.25, -0.2) is 0 Å². The lowest BCUT2D eigenvalue weighted by Crippen LogP contribution is -2.33. The maximum Gasteiger partial charge on any atom is 0.265 e. The number of rotatable bonds is 3. The number of thiophene rings is 1. The molecule has 8 heteroatoms. The van der Waals surface area contributed by atoms with Gasteiger partial charge in [0.25, 0.3) is 11.8 Å². The van der Waals surface area contributed by atoms with Crippen LogP contribution in [-0.4, -0.2) is 35.8 Å². The molecule has 5 nitrogen and oxygen atoms in total. The lowest BCUT2D eigenvalue weighted by molar-refractivity contribution is 0.0779. The standard InChI is InChI=1S/C19H20ClN3O2S.ClH/c20-14-5-3-11(8-16(14)22-18(24)17-2-1-7-26-17)19(25)23-9-12-4-6-15(21)13(12)10-23;/h1-3,5,7-8,12-13,15H,4,6,9-10,21H2,(H,22,24);1H. The van der Waals surface area contributed by atoms with Crippen molar-refractivity contribution in [3.63, 3.8) is 0 Å². The summed E-state index contributed by atoms with van der Waals surface area (Å²) in [6.45, 7) is 1.47. The van der Waals surface area contributed by atoms with Crippen molar-refractivity contribution in [2.75, 3.05) is 18.4 Å². The Morgan fingerprint density at radius 2 is 2.04 bits per heavy atom. The molecule has 2 amide bonds. The van der Waals surface area contributed by atoms with E-state index >= 15 is 0 Å². The zero-order chi connectivity index (χ0) is 18.3. The number of nitrogens with one attached hydrogen (secondary N) is 1. The molecule has 3 N–H and O–H groups in total. The van der Waals surface area contributed by atoms with Gasteiger partial charge in [0.15, 0.2) is 0 Å². The third-order valence-electron chi connectivity index (χ3n) is 5.41. The minimum Gasteiger partial charge on any atom is -0.338 e. The van der Waals surface area contributed by atoms with E-state index in [2.05, 4.69) is 5.32 Å². The minimum atomic E-state index is -0.229. The number of nitrogens with zero attached hydrogens (tertiary/aromatic N) is 1. The van der Waals surface area contributed by atoms with E-state index in [0.29, 0.717) is 39.5 Å². The van der Waals surface area contributed by atoms with Crippen LogP contribution in [0.4, 0.5) is 5.69 Å². The van der Waals surface area contributed by atoms with Crippen LogP contribution in [-0.2, 0) is 0 Å². The number of amides is 2. The van der Waals surface area contributed by atoms with Crippen molar-refractivity contribution in [1.82, 2.24) is 4.90 Å². The van der Waals surface area contributed by atoms with Crippen LogP contribution in [0.3, 0.4) is 0 Å². The lowest BCUT2D eigenvalue weighted by atomic mass is 9.98. The number of nitrogens with two attached hydrogens (primary N) is 1. The van der Waals surface area contributed by atoms with E-state index in [1.165, 1.54) is 11.3 Å². The summed E-state index contributed by atoms with van der Waals surface area (Å²) in [6.07, 6.45) is 2.15. The number of carbonyl (C=O) groups excluding carboxylic acids is 2. The average molecular weight is 426 g/mol. The number of hydrogen-bond acceptors (Lipinski definition) is 4. The second-order valence-electron chi connectivity index (χ2n) is 7.00. The number of likely N-dealkylation sites (tertiary alicyclic amines) is 1. The number of anilines is 1. The van der Waals surface area contributed by atoms with Gasteiger partial charge in [-0.3, -0.25) is 9.59 Å². The maximum absolute atomic E-state index is 12.9. The Morgan fingerprint density at radius 3 is 2.74 bits per heavy atom. The molecule has 27 heavy (non-hydrogen) atoms. The molecule has 0 radical (unpaired) electrons. The number of fused-ring (bicyclic) bond motifs is 1. The van der Waals surface area contributed by atoms with Gasteiger partial charge in [0.05, 0.1) is 15.6 Å². The van der Waals surface area contributed by atoms with Gasteiger partial charge in [-0.05, 0) is 54.3 Å². The molecule has 0 bridgehead atoms. The van der Waals surface area contributed by atoms with Gasteiger partial charge < -0.3 is 16.0 Å². The zero-order valence-electron chi connectivity index (χ0n) is 14.6. The summed E-state index contributed by atoms with van der Waals surface area (Å²) in [5.41, 5.74) is 7.15. The number of carbonyl (C=O) groups is 2. The molecule has 2 aliphatic rings. The minimum absolute atomic E-state index is 0. The van der Waals surface area contributed by atoms with Gasteiger partial charge in [-0.2, -0.15) is 0 Å². The number of hydrogen-bond donors (Lipinski definition) is 2. The van der Waals surface area contributed by atoms with Crippen LogP contribution >= 0.6 is 35.3 Å². The Morgan fingerprint density at radius 1 is 1.22 bits per heavy atom. The highest BCUT2D eigenvalue weighted by Gasteiger charge is 2.42. The molecule has 4 rings (SSSR count). The second-order valence-corrected chi connectivity index (χ2v) is 8.36. The van der Waals surface area contributed by atoms with Crippen LogP contribution in [0.2, 0.25) is 5.02 Å². The third-order valence-corrected chi connectivity index (χ3v) is 6.60. The van der Waals surface area contributed by atoms with E-state index < -0.39 is 0 Å². The van der Waals surface area contributed by atoms with E-state index in [9.17, 15) is 9.59 Å². The molecule has 1 aromatic heterocycles. The SMILES string of the molecule is Cl.NC1CCC2CN(C(=O)c3ccc(Cl)c(NC(=O)c4cccs4)c3)CC12. The maximum atomic E-state index is 12.9. The Balaban J connectivity index is 0.00000210. The summed E-state index contributed by atoms with van der Waals surface area (Å²) in [4.78, 5) is 27.6. The van der Waals surface area contributed by atoms with Gasteiger partial charge >= 0.3 is 0 Å². The summed E-state index contributed by atoms with van der Waals surface area (Å²) in [6, 6.07) is 8.78. The zero-order valence-corrected chi connectivity index (χ0v) is 16.9. The Bertz CT molecular complexity index is 843. The van der Waals surface area contributed by atoms with Gasteiger partial charge in [-0.15, -0.1) is 23.7 Å². The van der Waals surface area contributed by atoms with E-state index in [0.717, 1.165) is 19.4 Å². The molecular weight excluding hydrogens is 405 g/mol. The van der Waals surface area contributed by atoms with E-state index in [1.54, 1.807) is 24.3 Å². The fraction of sp³-hybridized carbons (Fsp3) is 0.368. The molecule has 1 aliphatic heterocycles. The topological polar surface area (TPSA) is 75.4 Å². The van der Waals surface area contributed by atoms with Crippen LogP contribution < -0.4 is 11.1 Å². The smallest absolute Gasteiger partial charge is 0.265 e. The molecule has 1 aromatic carbocycles. The quantitative estimate of drug-likeness (QED) is 0.782. The monoisotopic (exact) mass is 425 g/mol. The Labute approximate surface area is 173 Å². The highest BCUT2D eigenvalue weighted by molar-refractivity contribution is 7.12. The molecule has 2 aromatic rings. The average Bonchev–Trinajstić information content (AvgIpc) is 3.35. The van der Waals surface area contributed by atoms with Gasteiger partial charge in [0, 0.05) is 24.7 Å². The van der Waals surface area contributed by atoms with Gasteiger partial charge in [-0.1, -0.05) is 17.7 Å². The highest BCUT2D eigenvalue weighted by Crippen LogP contribution is 2.38. The summed E-state index contributed by atoms with van der Waals surface area (Å²) < 4.78 is 0. The molecule has 144 valence electrons. The van der Waals surface area contributed by atoms with Crippen molar-refractivity contribution >= 4 is 52.8 Å². The molecule has 1 saturated heterocycles. The second kappa shape index (κ2) is 8.19. The summed E-state index contributed by atoms with van der Waals surface area (Å²) in [7, 11) is 0. The first-order valence-corrected chi connectivity index (χ1v) is 9.98. The summed E-state index contributed by atoms with van der Waals surface area (Å²) >= 11 is 7.56. The summed E-state index contributed by atoms with van der Waals surface area (Å²) in [5, 5.41) is 5.04. The molecule has 3 atom stereocenters. The first kappa shape index (κ1) is 20.1. The van der Waals surface area contributed by atoms with Crippen molar-refractivity contribution in [2.45, 2.75) is 18.9 Å². The molecule has 2 heterocycles. The predicted octanol–water partition coefficient (Wildman–Crippen LogP) is 3.88. The molecule has 1 saturated carbocycles. The van der Waals surface area contributed by atoms with Crippen molar-refractivity contribution in [1.29, 1.82) is 0 Å². The fourth-order valence-corrected chi connectivity index (χ4v) is 4.79. The summed E-state index contributed by atoms with van der Waals surface area (Å²) in [5.74, 6) is 0.659. The van der Waals surface area contributed by atoms with Crippen molar-refractivity contribution in [3.05, 3.63) is 51.2 Å². The molecule has 2 fully saturated rings. The predicted molar refractivity (Wildman–Crippen MR) is 111 cm³/mol. The Hall–Kier alpha value is -1.60. The number of benzene rings is 1. The number of halogens is 2. The molecule has 3 unspecified atom stereocenters. The van der Waals surface area contributed by atoms with Crippen molar-refractivity contribution in [3.8, 4) is 0 Å². The van der Waals surface area contributed by atoms with Crippen LogP contribution in [0, 0.1) is 11.8 Å². The van der Waals surface area contributed by atoms with Crippen molar-refractivity contribution < 1.29 is 9.59 Å². The van der Waals surface area contributed by atoms with Crippen LogP contribution in [0.15, 0.2) is 35.7 Å². The van der Waals surface area contributed by atoms with Crippen LogP contribution in [0.25, 0.3) is 0 Å². The largest absolute Gasteiger partial charge is 0.338 e. The fourth-order valence-electron chi connectivity index (χ4n) is 4.00. The molecule has 1 aliphatic carbocycles. The molecular formula is C19H21Cl2N3O2S.